The maximum atomic E-state index is 12.0. The van der Waals surface area contributed by atoms with E-state index in [1.807, 2.05) is 0 Å². The highest BCUT2D eigenvalue weighted by atomic mass is 35.5. The van der Waals surface area contributed by atoms with Crippen LogP contribution in [0.5, 0.6) is 0 Å². The molecule has 1 N–H and O–H groups in total. The first kappa shape index (κ1) is 14.1. The third-order valence-electron chi connectivity index (χ3n) is 2.58. The van der Waals surface area contributed by atoms with E-state index in [1.165, 1.54) is 10.9 Å². The lowest BCUT2D eigenvalue weighted by Gasteiger charge is -2.09. The van der Waals surface area contributed by atoms with Crippen molar-refractivity contribution in [2.24, 2.45) is 0 Å². The van der Waals surface area contributed by atoms with E-state index in [2.05, 4.69) is 26.6 Å². The molecule has 0 spiro atoms. The molecule has 0 atom stereocenters. The molecule has 0 aliphatic rings. The van der Waals surface area contributed by atoms with Crippen LogP contribution in [0.25, 0.3) is 0 Å². The molecule has 0 saturated carbocycles. The zero-order valence-corrected chi connectivity index (χ0v) is 11.4. The van der Waals surface area contributed by atoms with Crippen molar-refractivity contribution in [3.63, 3.8) is 0 Å². The molecule has 2 rings (SSSR count). The Bertz CT molecular complexity index is 658. The van der Waals surface area contributed by atoms with Crippen molar-refractivity contribution < 1.29 is 0 Å². The van der Waals surface area contributed by atoms with Gasteiger partial charge in [0.05, 0.1) is 17.4 Å². The molecule has 2 aromatic rings. The molecule has 0 amide bonds. The molecule has 0 radical (unpaired) electrons. The van der Waals surface area contributed by atoms with E-state index in [4.69, 9.17) is 18.0 Å². The summed E-state index contributed by atoms with van der Waals surface area (Å²) in [5.41, 5.74) is -0.00767. The second kappa shape index (κ2) is 6.73. The number of terminal acetylenes is 1. The molecule has 2 aromatic heterocycles. The van der Waals surface area contributed by atoms with Crippen molar-refractivity contribution in [3.05, 3.63) is 34.0 Å². The molecule has 20 heavy (non-hydrogen) atoms. The van der Waals surface area contributed by atoms with Gasteiger partial charge in [0.2, 0.25) is 0 Å². The predicted octanol–water partition coefficient (Wildman–Crippen LogP) is 0.624. The minimum absolute atomic E-state index is 0.115. The van der Waals surface area contributed by atoms with Gasteiger partial charge >= 0.3 is 0 Å². The number of halogens is 1. The normalized spacial score (nSPS) is 10.2. The average molecular weight is 293 g/mol. The highest BCUT2D eigenvalue weighted by molar-refractivity contribution is 6.32. The summed E-state index contributed by atoms with van der Waals surface area (Å²) in [6.07, 6.45) is 10.7. The van der Waals surface area contributed by atoms with Crippen molar-refractivity contribution >= 4 is 17.3 Å². The van der Waals surface area contributed by atoms with Crippen LogP contribution in [0.15, 0.2) is 23.4 Å². The lowest BCUT2D eigenvalue weighted by Crippen LogP contribution is -2.26. The Morgan fingerprint density at radius 1 is 1.50 bits per heavy atom. The Balaban J connectivity index is 1.97. The lowest BCUT2D eigenvalue weighted by atomic mass is 10.4. The highest BCUT2D eigenvalue weighted by Gasteiger charge is 2.08. The smallest absolute Gasteiger partial charge is 0.292 e. The summed E-state index contributed by atoms with van der Waals surface area (Å²) in [5.74, 6) is 2.37. The second-order valence-corrected chi connectivity index (χ2v) is 4.39. The lowest BCUT2D eigenvalue weighted by molar-refractivity contribution is 0.569. The summed E-state index contributed by atoms with van der Waals surface area (Å²) in [4.78, 5) is 12.0. The number of aryl methyl sites for hydroxylation is 1. The fourth-order valence-corrected chi connectivity index (χ4v) is 1.83. The third kappa shape index (κ3) is 3.36. The number of nitrogens with zero attached hydrogens (tertiary/aromatic N) is 5. The van der Waals surface area contributed by atoms with E-state index < -0.39 is 0 Å². The number of rotatable bonds is 6. The van der Waals surface area contributed by atoms with Crippen LogP contribution in [-0.2, 0) is 13.1 Å². The minimum Gasteiger partial charge on any atom is -0.379 e. The molecule has 0 aliphatic heterocycles. The van der Waals surface area contributed by atoms with Crippen LogP contribution in [0.1, 0.15) is 6.42 Å². The Kier molecular flexibility index (Phi) is 4.74. The van der Waals surface area contributed by atoms with E-state index in [1.54, 1.807) is 17.1 Å². The van der Waals surface area contributed by atoms with Crippen molar-refractivity contribution in [1.29, 1.82) is 0 Å². The zero-order valence-electron chi connectivity index (χ0n) is 10.7. The predicted molar refractivity (Wildman–Crippen MR) is 75.5 cm³/mol. The Hall–Kier alpha value is -2.33. The van der Waals surface area contributed by atoms with Gasteiger partial charge in [-0.05, 0) is 6.42 Å². The largest absolute Gasteiger partial charge is 0.379 e. The number of anilines is 1. The fourth-order valence-electron chi connectivity index (χ4n) is 1.63. The Morgan fingerprint density at radius 3 is 3.05 bits per heavy atom. The van der Waals surface area contributed by atoms with Crippen LogP contribution in [0.3, 0.4) is 0 Å². The standard InChI is InChI=1S/C12H13ClN6O/c1-2-6-19-12(20)11(10(13)9-16-19)14-4-3-7-18-8-5-15-17-18/h1,5,8-9,14H,3-4,6-7H2. The van der Waals surface area contributed by atoms with E-state index >= 15 is 0 Å². The molecule has 0 aliphatic carbocycles. The van der Waals surface area contributed by atoms with Crippen LogP contribution >= 0.6 is 11.6 Å². The summed E-state index contributed by atoms with van der Waals surface area (Å²) in [7, 11) is 0. The molecular formula is C12H13ClN6O. The molecule has 2 heterocycles. The van der Waals surface area contributed by atoms with Crippen LogP contribution in [-0.4, -0.2) is 31.3 Å². The first-order valence-corrected chi connectivity index (χ1v) is 6.37. The van der Waals surface area contributed by atoms with Gasteiger partial charge in [-0.2, -0.15) is 5.10 Å². The van der Waals surface area contributed by atoms with Crippen LogP contribution in [0, 0.1) is 12.3 Å². The highest BCUT2D eigenvalue weighted by Crippen LogP contribution is 2.14. The fraction of sp³-hybridized carbons (Fsp3) is 0.333. The van der Waals surface area contributed by atoms with Crippen LogP contribution < -0.4 is 10.9 Å². The molecule has 0 fully saturated rings. The quantitative estimate of drug-likeness (QED) is 0.624. The molecule has 0 unspecified atom stereocenters. The van der Waals surface area contributed by atoms with E-state index in [9.17, 15) is 4.79 Å². The average Bonchev–Trinajstić information content (AvgIpc) is 2.94. The van der Waals surface area contributed by atoms with Crippen molar-refractivity contribution in [2.75, 3.05) is 11.9 Å². The molecule has 0 bridgehead atoms. The summed E-state index contributed by atoms with van der Waals surface area (Å²) in [6, 6.07) is 0. The molecular weight excluding hydrogens is 280 g/mol. The molecule has 7 nitrogen and oxygen atoms in total. The van der Waals surface area contributed by atoms with E-state index in [0.29, 0.717) is 18.8 Å². The first-order valence-electron chi connectivity index (χ1n) is 5.99. The van der Waals surface area contributed by atoms with Gasteiger partial charge in [0.15, 0.2) is 0 Å². The number of hydrogen-bond donors (Lipinski definition) is 1. The van der Waals surface area contributed by atoms with Gasteiger partial charge in [0.1, 0.15) is 12.2 Å². The van der Waals surface area contributed by atoms with Crippen LogP contribution in [0.2, 0.25) is 5.02 Å². The summed E-state index contributed by atoms with van der Waals surface area (Å²) < 4.78 is 2.90. The Labute approximate surface area is 120 Å². The van der Waals surface area contributed by atoms with Gasteiger partial charge in [0, 0.05) is 19.3 Å². The van der Waals surface area contributed by atoms with Crippen molar-refractivity contribution in [1.82, 2.24) is 24.8 Å². The topological polar surface area (TPSA) is 77.6 Å². The maximum Gasteiger partial charge on any atom is 0.292 e. The van der Waals surface area contributed by atoms with Gasteiger partial charge in [-0.15, -0.1) is 11.5 Å². The molecule has 104 valence electrons. The van der Waals surface area contributed by atoms with E-state index in [0.717, 1.165) is 6.42 Å². The van der Waals surface area contributed by atoms with Gasteiger partial charge in [-0.1, -0.05) is 22.7 Å². The minimum atomic E-state index is -0.323. The van der Waals surface area contributed by atoms with Gasteiger partial charge in [-0.3, -0.25) is 9.48 Å². The van der Waals surface area contributed by atoms with Crippen LogP contribution in [0.4, 0.5) is 5.69 Å². The van der Waals surface area contributed by atoms with Crippen molar-refractivity contribution in [3.8, 4) is 12.3 Å². The SMILES string of the molecule is C#CCn1ncc(Cl)c(NCCCn2ccnn2)c1=O. The zero-order chi connectivity index (χ0) is 14.4. The van der Waals surface area contributed by atoms with E-state index in [-0.39, 0.29) is 17.1 Å². The molecule has 0 saturated heterocycles. The summed E-state index contributed by atoms with van der Waals surface area (Å²) in [5, 5.41) is 14.7. The Morgan fingerprint density at radius 2 is 2.35 bits per heavy atom. The summed E-state index contributed by atoms with van der Waals surface area (Å²) in [6.45, 7) is 1.40. The number of hydrogen-bond acceptors (Lipinski definition) is 5. The first-order chi connectivity index (χ1) is 9.72. The summed E-state index contributed by atoms with van der Waals surface area (Å²) >= 11 is 5.96. The monoisotopic (exact) mass is 292 g/mol. The second-order valence-electron chi connectivity index (χ2n) is 3.98. The third-order valence-corrected chi connectivity index (χ3v) is 2.86. The van der Waals surface area contributed by atoms with Gasteiger partial charge in [-0.25, -0.2) is 4.68 Å². The van der Waals surface area contributed by atoms with Crippen molar-refractivity contribution in [2.45, 2.75) is 19.5 Å². The molecule has 8 heteroatoms. The number of nitrogens with one attached hydrogen (secondary N) is 1. The number of aromatic nitrogens is 5. The van der Waals surface area contributed by atoms with Gasteiger partial charge in [0.25, 0.3) is 5.56 Å². The maximum absolute atomic E-state index is 12.0. The molecule has 0 aromatic carbocycles. The van der Waals surface area contributed by atoms with Gasteiger partial charge < -0.3 is 5.32 Å².